The zero-order valence-electron chi connectivity index (χ0n) is 16.8. The van der Waals surface area contributed by atoms with Gasteiger partial charge in [-0.2, -0.15) is 0 Å². The Morgan fingerprint density at radius 1 is 1.00 bits per heavy atom. The Balaban J connectivity index is 1.63. The van der Waals surface area contributed by atoms with Gasteiger partial charge in [0.1, 0.15) is 16.5 Å². The summed E-state index contributed by atoms with van der Waals surface area (Å²) in [6.45, 7) is 5.89. The fourth-order valence-corrected chi connectivity index (χ4v) is 3.44. The molecule has 0 aliphatic carbocycles. The molecule has 0 saturated carbocycles. The highest BCUT2D eigenvalue weighted by atomic mass is 32.1. The summed E-state index contributed by atoms with van der Waals surface area (Å²) in [7, 11) is 1.34. The number of thiazole rings is 1. The van der Waals surface area contributed by atoms with Crippen molar-refractivity contribution in [3.05, 3.63) is 60.3 Å². The largest absolute Gasteiger partial charge is 0.491 e. The maximum absolute atomic E-state index is 11.3. The van der Waals surface area contributed by atoms with E-state index in [0.29, 0.717) is 10.8 Å². The minimum Gasteiger partial charge on any atom is -0.491 e. The lowest BCUT2D eigenvalue weighted by Crippen LogP contribution is -2.26. The van der Waals surface area contributed by atoms with Crippen LogP contribution in [0.5, 0.6) is 16.6 Å². The van der Waals surface area contributed by atoms with Crippen LogP contribution in [0.3, 0.4) is 0 Å². The molecule has 0 saturated heterocycles. The Hall–Kier alpha value is -3.06. The van der Waals surface area contributed by atoms with Gasteiger partial charge >= 0.3 is 6.09 Å². The van der Waals surface area contributed by atoms with Crippen LogP contribution < -0.4 is 14.8 Å². The molecule has 1 amide bonds. The van der Waals surface area contributed by atoms with Gasteiger partial charge in [0.05, 0.1) is 25.5 Å². The van der Waals surface area contributed by atoms with Crippen LogP contribution in [0.2, 0.25) is 0 Å². The summed E-state index contributed by atoms with van der Waals surface area (Å²) >= 11 is 1.47. The highest BCUT2D eigenvalue weighted by molar-refractivity contribution is 7.16. The van der Waals surface area contributed by atoms with Crippen LogP contribution in [0, 0.1) is 0 Å². The number of aromatic nitrogens is 1. The van der Waals surface area contributed by atoms with Crippen LogP contribution in [0.15, 0.2) is 54.7 Å². The quantitative estimate of drug-likeness (QED) is 0.530. The topological polar surface area (TPSA) is 69.7 Å². The fourth-order valence-electron chi connectivity index (χ4n) is 2.65. The average molecular weight is 413 g/mol. The Morgan fingerprint density at radius 2 is 1.66 bits per heavy atom. The number of nitrogens with zero attached hydrogens (tertiary/aromatic N) is 1. The van der Waals surface area contributed by atoms with E-state index in [-0.39, 0.29) is 12.1 Å². The predicted molar refractivity (Wildman–Crippen MR) is 114 cm³/mol. The molecule has 1 unspecified atom stereocenters. The first-order valence-electron chi connectivity index (χ1n) is 9.30. The Bertz CT molecular complexity index is 936. The second-order valence-electron chi connectivity index (χ2n) is 6.70. The molecule has 2 aromatic carbocycles. The summed E-state index contributed by atoms with van der Waals surface area (Å²) in [5, 5.41) is 4.31. The summed E-state index contributed by atoms with van der Waals surface area (Å²) in [5.74, 6) is 1.54. The summed E-state index contributed by atoms with van der Waals surface area (Å²) < 4.78 is 16.2. The van der Waals surface area contributed by atoms with Crippen LogP contribution in [0.4, 0.5) is 4.79 Å². The maximum Gasteiger partial charge on any atom is 0.407 e. The second-order valence-corrected chi connectivity index (χ2v) is 7.70. The molecule has 152 valence electrons. The van der Waals surface area contributed by atoms with E-state index in [4.69, 9.17) is 9.47 Å². The van der Waals surface area contributed by atoms with E-state index < -0.39 is 6.09 Å². The molecular formula is C22H24N2O4S. The van der Waals surface area contributed by atoms with Crippen molar-refractivity contribution in [3.63, 3.8) is 0 Å². The molecule has 0 spiro atoms. The Morgan fingerprint density at radius 3 is 2.28 bits per heavy atom. The van der Waals surface area contributed by atoms with E-state index in [0.717, 1.165) is 21.9 Å². The third-order valence-corrected chi connectivity index (χ3v) is 5.00. The van der Waals surface area contributed by atoms with E-state index in [1.165, 1.54) is 18.4 Å². The van der Waals surface area contributed by atoms with Crippen molar-refractivity contribution in [2.75, 3.05) is 7.11 Å². The third kappa shape index (κ3) is 5.71. The molecule has 0 radical (unpaired) electrons. The number of alkyl carbamates (subject to hydrolysis) is 1. The van der Waals surface area contributed by atoms with Crippen molar-refractivity contribution in [3.8, 4) is 27.1 Å². The molecule has 7 heteroatoms. The monoisotopic (exact) mass is 412 g/mol. The van der Waals surface area contributed by atoms with Crippen LogP contribution in [0.25, 0.3) is 10.6 Å². The normalized spacial score (nSPS) is 11.8. The van der Waals surface area contributed by atoms with Gasteiger partial charge in [0.15, 0.2) is 0 Å². The first-order valence-corrected chi connectivity index (χ1v) is 10.1. The molecule has 0 aliphatic heterocycles. The van der Waals surface area contributed by atoms with Crippen molar-refractivity contribution in [1.29, 1.82) is 0 Å². The molecule has 0 bridgehead atoms. The third-order valence-electron chi connectivity index (χ3n) is 4.08. The number of methoxy groups -OCH3 is 1. The number of ether oxygens (including phenoxy) is 3. The van der Waals surface area contributed by atoms with Crippen LogP contribution in [0.1, 0.15) is 32.4 Å². The molecule has 29 heavy (non-hydrogen) atoms. The highest BCUT2D eigenvalue weighted by Crippen LogP contribution is 2.34. The lowest BCUT2D eigenvalue weighted by atomic mass is 10.1. The van der Waals surface area contributed by atoms with Crippen LogP contribution in [-0.2, 0) is 4.74 Å². The SMILES string of the molecule is COC(=O)NC(C)c1ccc(Oc2cnc(-c3ccc(OC(C)C)cc3)s2)cc1. The molecule has 1 atom stereocenters. The zero-order chi connectivity index (χ0) is 20.8. The van der Waals surface area contributed by atoms with Gasteiger partial charge in [-0.25, -0.2) is 9.78 Å². The van der Waals surface area contributed by atoms with Gasteiger partial charge in [-0.3, -0.25) is 0 Å². The van der Waals surface area contributed by atoms with E-state index in [1.54, 1.807) is 6.20 Å². The van der Waals surface area contributed by atoms with Crippen LogP contribution >= 0.6 is 11.3 Å². The summed E-state index contributed by atoms with van der Waals surface area (Å²) in [5.41, 5.74) is 1.97. The van der Waals surface area contributed by atoms with Crippen LogP contribution in [-0.4, -0.2) is 24.3 Å². The molecular weight excluding hydrogens is 388 g/mol. The van der Waals surface area contributed by atoms with E-state index in [9.17, 15) is 4.79 Å². The van der Waals surface area contributed by atoms with Gasteiger partial charge in [-0.05, 0) is 62.7 Å². The summed E-state index contributed by atoms with van der Waals surface area (Å²) in [6, 6.07) is 15.3. The lowest BCUT2D eigenvalue weighted by molar-refractivity contribution is 0.167. The Kier molecular flexibility index (Phi) is 6.72. The molecule has 0 aliphatic rings. The molecule has 0 fully saturated rings. The number of rotatable bonds is 7. The van der Waals surface area contributed by atoms with E-state index in [1.807, 2.05) is 69.3 Å². The number of hydrogen-bond donors (Lipinski definition) is 1. The molecule has 1 heterocycles. The van der Waals surface area contributed by atoms with Gasteiger partial charge < -0.3 is 19.5 Å². The second kappa shape index (κ2) is 9.43. The smallest absolute Gasteiger partial charge is 0.407 e. The number of nitrogens with one attached hydrogen (secondary N) is 1. The first kappa shape index (κ1) is 20.7. The molecule has 3 rings (SSSR count). The Labute approximate surface area is 174 Å². The lowest BCUT2D eigenvalue weighted by Gasteiger charge is -2.13. The summed E-state index contributed by atoms with van der Waals surface area (Å²) in [6.07, 6.45) is 1.40. The number of amides is 1. The maximum atomic E-state index is 11.3. The van der Waals surface area contributed by atoms with Crippen molar-refractivity contribution in [2.45, 2.75) is 32.9 Å². The number of carbonyl (C=O) groups excluding carboxylic acids is 1. The van der Waals surface area contributed by atoms with E-state index in [2.05, 4.69) is 15.0 Å². The van der Waals surface area contributed by atoms with Gasteiger partial charge in [0.2, 0.25) is 5.06 Å². The van der Waals surface area contributed by atoms with Crippen molar-refractivity contribution < 1.29 is 19.0 Å². The minimum absolute atomic E-state index is 0.145. The molecule has 3 aromatic rings. The van der Waals surface area contributed by atoms with Crippen molar-refractivity contribution in [1.82, 2.24) is 10.3 Å². The predicted octanol–water partition coefficient (Wildman–Crippen LogP) is 5.81. The number of hydrogen-bond acceptors (Lipinski definition) is 6. The number of benzene rings is 2. The van der Waals surface area contributed by atoms with Crippen molar-refractivity contribution >= 4 is 17.4 Å². The molecule has 6 nitrogen and oxygen atoms in total. The molecule has 1 N–H and O–H groups in total. The first-order chi connectivity index (χ1) is 13.9. The van der Waals surface area contributed by atoms with Gasteiger partial charge in [-0.1, -0.05) is 23.5 Å². The van der Waals surface area contributed by atoms with Gasteiger partial charge in [0.25, 0.3) is 0 Å². The highest BCUT2D eigenvalue weighted by Gasteiger charge is 2.11. The van der Waals surface area contributed by atoms with Crippen molar-refractivity contribution in [2.24, 2.45) is 0 Å². The summed E-state index contributed by atoms with van der Waals surface area (Å²) in [4.78, 5) is 15.8. The standard InChI is InChI=1S/C22H24N2O4S/c1-14(2)27-18-11-7-17(8-12-18)21-23-13-20(29-21)28-19-9-5-16(6-10-19)15(3)24-22(25)26-4/h5-15H,1-4H3,(H,24,25). The molecule has 1 aromatic heterocycles. The number of carbonyl (C=O) groups is 1. The zero-order valence-corrected chi connectivity index (χ0v) is 17.7. The van der Waals surface area contributed by atoms with E-state index >= 15 is 0 Å². The minimum atomic E-state index is -0.459. The van der Waals surface area contributed by atoms with Gasteiger partial charge in [0, 0.05) is 5.56 Å². The van der Waals surface area contributed by atoms with Gasteiger partial charge in [-0.15, -0.1) is 0 Å². The fraction of sp³-hybridized carbons (Fsp3) is 0.273. The average Bonchev–Trinajstić information content (AvgIpc) is 3.17.